The van der Waals surface area contributed by atoms with Crippen molar-refractivity contribution in [3.63, 3.8) is 0 Å². The van der Waals surface area contributed by atoms with Crippen LogP contribution in [0.2, 0.25) is 0 Å². The van der Waals surface area contributed by atoms with Gasteiger partial charge in [-0.05, 0) is 42.8 Å². The summed E-state index contributed by atoms with van der Waals surface area (Å²) in [6.45, 7) is 2.01. The second-order valence-electron chi connectivity index (χ2n) is 4.76. The maximum absolute atomic E-state index is 9.99. The number of aromatic hydroxyl groups is 2. The molecule has 106 valence electrons. The molecule has 0 radical (unpaired) electrons. The normalized spacial score (nSPS) is 10.7. The predicted molar refractivity (Wildman–Crippen MR) is 80.1 cm³/mol. The zero-order chi connectivity index (χ0) is 14.8. The van der Waals surface area contributed by atoms with Crippen molar-refractivity contribution < 1.29 is 14.7 Å². The number of phenols is 2. The summed E-state index contributed by atoms with van der Waals surface area (Å²) in [6.07, 6.45) is 0.726. The van der Waals surface area contributed by atoms with Crippen LogP contribution in [0.4, 0.5) is 0 Å². The first-order valence-electron chi connectivity index (χ1n) is 6.77. The van der Waals surface area contributed by atoms with Gasteiger partial charge in [0.25, 0.3) is 0 Å². The quantitative estimate of drug-likeness (QED) is 0.762. The minimum atomic E-state index is 0.178. The van der Waals surface area contributed by atoms with Crippen molar-refractivity contribution in [2.45, 2.75) is 13.3 Å². The van der Waals surface area contributed by atoms with Crippen LogP contribution < -0.4 is 0 Å². The molecular weight excluding hydrogens is 266 g/mol. The van der Waals surface area contributed by atoms with E-state index < -0.39 is 0 Å². The van der Waals surface area contributed by atoms with Crippen LogP contribution in [-0.4, -0.2) is 15.4 Å². The molecule has 2 aromatic carbocycles. The topological polar surface area (TPSA) is 66.5 Å². The van der Waals surface area contributed by atoms with Gasteiger partial charge in [0.15, 0.2) is 5.76 Å². The molecule has 4 heteroatoms. The molecule has 0 saturated heterocycles. The molecule has 1 heterocycles. The van der Waals surface area contributed by atoms with Crippen molar-refractivity contribution in [2.75, 3.05) is 0 Å². The SMILES string of the molecule is CCc1c(-c2ccccc2O)noc1-c1ccc(O)cc1. The number of rotatable bonds is 3. The highest BCUT2D eigenvalue weighted by molar-refractivity contribution is 5.75. The van der Waals surface area contributed by atoms with Gasteiger partial charge < -0.3 is 14.7 Å². The molecule has 0 unspecified atom stereocenters. The van der Waals surface area contributed by atoms with Gasteiger partial charge in [-0.2, -0.15) is 0 Å². The van der Waals surface area contributed by atoms with Crippen LogP contribution in [-0.2, 0) is 6.42 Å². The van der Waals surface area contributed by atoms with E-state index in [2.05, 4.69) is 5.16 Å². The van der Waals surface area contributed by atoms with E-state index in [0.717, 1.165) is 17.5 Å². The van der Waals surface area contributed by atoms with Gasteiger partial charge in [0.2, 0.25) is 0 Å². The Balaban J connectivity index is 2.13. The molecular formula is C17H15NO3. The molecule has 2 N–H and O–H groups in total. The van der Waals surface area contributed by atoms with Crippen LogP contribution in [0.3, 0.4) is 0 Å². The minimum Gasteiger partial charge on any atom is -0.508 e. The van der Waals surface area contributed by atoms with E-state index in [0.29, 0.717) is 17.0 Å². The fraction of sp³-hybridized carbons (Fsp3) is 0.118. The summed E-state index contributed by atoms with van der Waals surface area (Å²) in [6, 6.07) is 13.8. The first-order valence-corrected chi connectivity index (χ1v) is 6.77. The van der Waals surface area contributed by atoms with Crippen molar-refractivity contribution in [3.05, 3.63) is 54.1 Å². The van der Waals surface area contributed by atoms with Crippen LogP contribution >= 0.6 is 0 Å². The highest BCUT2D eigenvalue weighted by Gasteiger charge is 2.19. The van der Waals surface area contributed by atoms with Gasteiger partial charge in [0.05, 0.1) is 0 Å². The molecule has 0 amide bonds. The molecule has 0 atom stereocenters. The summed E-state index contributed by atoms with van der Waals surface area (Å²) in [5.74, 6) is 1.05. The van der Waals surface area contributed by atoms with E-state index >= 15 is 0 Å². The summed E-state index contributed by atoms with van der Waals surface area (Å²) >= 11 is 0. The van der Waals surface area contributed by atoms with Crippen molar-refractivity contribution in [1.29, 1.82) is 0 Å². The standard InChI is InChI=1S/C17H15NO3/c1-2-13-16(14-5-3-4-6-15(14)20)18-21-17(13)11-7-9-12(19)10-8-11/h3-10,19-20H,2H2,1H3. The highest BCUT2D eigenvalue weighted by atomic mass is 16.5. The third-order valence-electron chi connectivity index (χ3n) is 3.43. The van der Waals surface area contributed by atoms with Gasteiger partial charge in [0.1, 0.15) is 17.2 Å². The zero-order valence-corrected chi connectivity index (χ0v) is 11.6. The predicted octanol–water partition coefficient (Wildman–Crippen LogP) is 3.98. The monoisotopic (exact) mass is 281 g/mol. The molecule has 1 aromatic heterocycles. The third kappa shape index (κ3) is 2.36. The third-order valence-corrected chi connectivity index (χ3v) is 3.43. The molecule has 0 bridgehead atoms. The molecule has 3 aromatic rings. The van der Waals surface area contributed by atoms with Gasteiger partial charge in [-0.15, -0.1) is 0 Å². The number of nitrogens with zero attached hydrogens (tertiary/aromatic N) is 1. The Morgan fingerprint density at radius 2 is 1.71 bits per heavy atom. The smallest absolute Gasteiger partial charge is 0.170 e. The largest absolute Gasteiger partial charge is 0.508 e. The second-order valence-corrected chi connectivity index (χ2v) is 4.76. The Labute approximate surface area is 122 Å². The minimum absolute atomic E-state index is 0.178. The van der Waals surface area contributed by atoms with E-state index in [1.165, 1.54) is 0 Å². The fourth-order valence-electron chi connectivity index (χ4n) is 2.36. The molecule has 0 aliphatic carbocycles. The van der Waals surface area contributed by atoms with Gasteiger partial charge in [-0.25, -0.2) is 0 Å². The number of hydrogen-bond acceptors (Lipinski definition) is 4. The van der Waals surface area contributed by atoms with Crippen molar-refractivity contribution in [1.82, 2.24) is 5.16 Å². The number of para-hydroxylation sites is 1. The molecule has 0 spiro atoms. The first kappa shape index (κ1) is 13.2. The average Bonchev–Trinajstić information content (AvgIpc) is 2.92. The Bertz CT molecular complexity index is 760. The summed E-state index contributed by atoms with van der Waals surface area (Å²) in [5, 5.41) is 23.5. The summed E-state index contributed by atoms with van der Waals surface area (Å²) < 4.78 is 5.48. The average molecular weight is 281 g/mol. The zero-order valence-electron chi connectivity index (χ0n) is 11.6. The van der Waals surface area contributed by atoms with Crippen molar-refractivity contribution >= 4 is 0 Å². The van der Waals surface area contributed by atoms with Crippen LogP contribution in [0.25, 0.3) is 22.6 Å². The number of hydrogen-bond donors (Lipinski definition) is 2. The number of benzene rings is 2. The lowest BCUT2D eigenvalue weighted by molar-refractivity contribution is 0.432. The van der Waals surface area contributed by atoms with Crippen molar-refractivity contribution in [2.24, 2.45) is 0 Å². The van der Waals surface area contributed by atoms with E-state index in [-0.39, 0.29) is 11.5 Å². The van der Waals surface area contributed by atoms with E-state index in [9.17, 15) is 10.2 Å². The summed E-state index contributed by atoms with van der Waals surface area (Å²) in [4.78, 5) is 0. The van der Waals surface area contributed by atoms with Gasteiger partial charge in [-0.3, -0.25) is 0 Å². The van der Waals surface area contributed by atoms with E-state index in [4.69, 9.17) is 4.52 Å². The van der Waals surface area contributed by atoms with E-state index in [1.54, 1.807) is 36.4 Å². The first-order chi connectivity index (χ1) is 10.2. The Hall–Kier alpha value is -2.75. The molecule has 3 rings (SSSR count). The number of aromatic nitrogens is 1. The van der Waals surface area contributed by atoms with Gasteiger partial charge >= 0.3 is 0 Å². The van der Waals surface area contributed by atoms with E-state index in [1.807, 2.05) is 19.1 Å². The maximum Gasteiger partial charge on any atom is 0.170 e. The van der Waals surface area contributed by atoms with Crippen LogP contribution in [0, 0.1) is 0 Å². The van der Waals surface area contributed by atoms with Gasteiger partial charge in [-0.1, -0.05) is 24.2 Å². The molecule has 0 aliphatic heterocycles. The van der Waals surface area contributed by atoms with Crippen molar-refractivity contribution in [3.8, 4) is 34.1 Å². The highest BCUT2D eigenvalue weighted by Crippen LogP contribution is 2.36. The van der Waals surface area contributed by atoms with Gasteiger partial charge in [0, 0.05) is 16.7 Å². The summed E-state index contributed by atoms with van der Waals surface area (Å²) in [5.41, 5.74) is 3.09. The second kappa shape index (κ2) is 5.32. The lowest BCUT2D eigenvalue weighted by Crippen LogP contribution is -1.87. The molecule has 0 aliphatic rings. The Morgan fingerprint density at radius 1 is 1.00 bits per heavy atom. The van der Waals surface area contributed by atoms with Crippen LogP contribution in [0.15, 0.2) is 53.1 Å². The fourth-order valence-corrected chi connectivity index (χ4v) is 2.36. The summed E-state index contributed by atoms with van der Waals surface area (Å²) in [7, 11) is 0. The number of phenolic OH excluding ortho intramolecular Hbond substituents is 2. The van der Waals surface area contributed by atoms with Crippen LogP contribution in [0.1, 0.15) is 12.5 Å². The maximum atomic E-state index is 9.99. The Kier molecular flexibility index (Phi) is 3.36. The lowest BCUT2D eigenvalue weighted by Gasteiger charge is -2.03. The lowest BCUT2D eigenvalue weighted by atomic mass is 10.00. The molecule has 0 fully saturated rings. The molecule has 4 nitrogen and oxygen atoms in total. The molecule has 21 heavy (non-hydrogen) atoms. The molecule has 0 saturated carbocycles. The van der Waals surface area contributed by atoms with Crippen LogP contribution in [0.5, 0.6) is 11.5 Å². The Morgan fingerprint density at radius 3 is 2.38 bits per heavy atom.